The predicted octanol–water partition coefficient (Wildman–Crippen LogP) is 3.85. The van der Waals surface area contributed by atoms with E-state index < -0.39 is 21.7 Å². The van der Waals surface area contributed by atoms with E-state index in [0.29, 0.717) is 18.2 Å². The average molecular weight is 404 g/mol. The van der Waals surface area contributed by atoms with E-state index in [4.69, 9.17) is 4.74 Å². The molecule has 0 radical (unpaired) electrons. The van der Waals surface area contributed by atoms with E-state index in [1.807, 2.05) is 6.92 Å². The van der Waals surface area contributed by atoms with E-state index in [2.05, 4.69) is 20.7 Å². The molecule has 0 bridgehead atoms. The van der Waals surface area contributed by atoms with Crippen LogP contribution >= 0.6 is 15.9 Å². The van der Waals surface area contributed by atoms with E-state index in [1.54, 1.807) is 6.07 Å². The van der Waals surface area contributed by atoms with Gasteiger partial charge in [-0.15, -0.1) is 0 Å². The quantitative estimate of drug-likeness (QED) is 0.846. The van der Waals surface area contributed by atoms with Crippen molar-refractivity contribution in [2.75, 3.05) is 4.72 Å². The summed E-state index contributed by atoms with van der Waals surface area (Å²) in [4.78, 5) is -0.00965. The molecule has 2 aromatic carbocycles. The van der Waals surface area contributed by atoms with Gasteiger partial charge in [-0.25, -0.2) is 17.2 Å². The molecule has 0 saturated heterocycles. The van der Waals surface area contributed by atoms with Crippen LogP contribution in [0.25, 0.3) is 0 Å². The molecular weight excluding hydrogens is 392 g/mol. The fraction of sp³-hybridized carbons (Fsp3) is 0.200. The van der Waals surface area contributed by atoms with Crippen LogP contribution < -0.4 is 9.46 Å². The summed E-state index contributed by atoms with van der Waals surface area (Å²) in [6, 6.07) is 6.05. The van der Waals surface area contributed by atoms with Crippen molar-refractivity contribution in [2.24, 2.45) is 0 Å². The van der Waals surface area contributed by atoms with Crippen molar-refractivity contribution in [3.8, 4) is 5.75 Å². The molecule has 1 aliphatic rings. The third kappa shape index (κ3) is 3.18. The Morgan fingerprint density at radius 2 is 2.00 bits per heavy atom. The SMILES string of the molecule is C[C@H]1Cc2cc(S(=O)(=O)Nc3c(F)cc(F)cc3Br)ccc2O1. The van der Waals surface area contributed by atoms with Gasteiger partial charge in [0.05, 0.1) is 10.6 Å². The Morgan fingerprint density at radius 3 is 2.70 bits per heavy atom. The largest absolute Gasteiger partial charge is 0.490 e. The van der Waals surface area contributed by atoms with Crippen molar-refractivity contribution in [1.82, 2.24) is 0 Å². The zero-order valence-electron chi connectivity index (χ0n) is 11.9. The van der Waals surface area contributed by atoms with Gasteiger partial charge in [-0.05, 0) is 52.7 Å². The summed E-state index contributed by atoms with van der Waals surface area (Å²) < 4.78 is 59.4. The number of nitrogens with one attached hydrogen (secondary N) is 1. The summed E-state index contributed by atoms with van der Waals surface area (Å²) in [7, 11) is -4.01. The van der Waals surface area contributed by atoms with Crippen LogP contribution in [0.15, 0.2) is 39.7 Å². The number of sulfonamides is 1. The summed E-state index contributed by atoms with van der Waals surface area (Å²) in [5, 5.41) is 0. The molecule has 1 aliphatic heterocycles. The van der Waals surface area contributed by atoms with E-state index in [0.717, 1.165) is 11.6 Å². The zero-order valence-corrected chi connectivity index (χ0v) is 14.3. The smallest absolute Gasteiger partial charge is 0.262 e. The number of ether oxygens (including phenoxy) is 1. The number of halogens is 3. The molecule has 0 aliphatic carbocycles. The Balaban J connectivity index is 1.96. The van der Waals surface area contributed by atoms with E-state index in [1.165, 1.54) is 12.1 Å². The van der Waals surface area contributed by atoms with Gasteiger partial charge in [0.1, 0.15) is 17.7 Å². The van der Waals surface area contributed by atoms with Crippen LogP contribution in [0, 0.1) is 11.6 Å². The second kappa shape index (κ2) is 5.76. The van der Waals surface area contributed by atoms with Crippen LogP contribution in [0.4, 0.5) is 14.5 Å². The fourth-order valence-corrected chi connectivity index (χ4v) is 4.18. The minimum absolute atomic E-state index is 0.00965. The van der Waals surface area contributed by atoms with Crippen LogP contribution in [-0.4, -0.2) is 14.5 Å². The van der Waals surface area contributed by atoms with Crippen molar-refractivity contribution in [1.29, 1.82) is 0 Å². The highest BCUT2D eigenvalue weighted by atomic mass is 79.9. The predicted molar refractivity (Wildman–Crippen MR) is 85.1 cm³/mol. The first kappa shape index (κ1) is 16.2. The van der Waals surface area contributed by atoms with Gasteiger partial charge in [0.2, 0.25) is 0 Å². The normalized spacial score (nSPS) is 16.8. The molecule has 1 atom stereocenters. The Hall–Kier alpha value is -1.67. The molecule has 0 aromatic heterocycles. The maximum Gasteiger partial charge on any atom is 0.262 e. The molecule has 1 heterocycles. The number of anilines is 1. The molecular formula is C15H12BrF2NO3S. The number of hydrogen-bond acceptors (Lipinski definition) is 3. The lowest BCUT2D eigenvalue weighted by Crippen LogP contribution is -2.14. The third-order valence-corrected chi connectivity index (χ3v) is 5.39. The maximum atomic E-state index is 13.8. The molecule has 8 heteroatoms. The summed E-state index contributed by atoms with van der Waals surface area (Å²) in [6.45, 7) is 1.89. The number of hydrogen-bond donors (Lipinski definition) is 1. The van der Waals surface area contributed by atoms with Crippen molar-refractivity contribution in [3.63, 3.8) is 0 Å². The molecule has 0 saturated carbocycles. The van der Waals surface area contributed by atoms with Crippen molar-refractivity contribution >= 4 is 31.6 Å². The second-order valence-corrected chi connectivity index (χ2v) is 7.79. The van der Waals surface area contributed by atoms with Crippen molar-refractivity contribution in [3.05, 3.63) is 52.0 Å². The molecule has 2 aromatic rings. The Morgan fingerprint density at radius 1 is 1.26 bits per heavy atom. The molecule has 23 heavy (non-hydrogen) atoms. The highest BCUT2D eigenvalue weighted by molar-refractivity contribution is 9.10. The first-order valence-electron chi connectivity index (χ1n) is 6.73. The van der Waals surface area contributed by atoms with Gasteiger partial charge in [-0.1, -0.05) is 0 Å². The minimum atomic E-state index is -4.01. The topological polar surface area (TPSA) is 55.4 Å². The molecule has 122 valence electrons. The van der Waals surface area contributed by atoms with E-state index in [9.17, 15) is 17.2 Å². The first-order chi connectivity index (χ1) is 10.8. The number of benzene rings is 2. The fourth-order valence-electron chi connectivity index (χ4n) is 2.40. The lowest BCUT2D eigenvalue weighted by atomic mass is 10.1. The molecule has 0 fully saturated rings. The van der Waals surface area contributed by atoms with E-state index >= 15 is 0 Å². The first-order valence-corrected chi connectivity index (χ1v) is 9.01. The summed E-state index contributed by atoms with van der Waals surface area (Å²) in [6.07, 6.45) is 0.590. The average Bonchev–Trinajstić information content (AvgIpc) is 2.82. The zero-order chi connectivity index (χ0) is 16.8. The summed E-state index contributed by atoms with van der Waals surface area (Å²) >= 11 is 2.95. The standard InChI is InChI=1S/C15H12BrF2NO3S/c1-8-4-9-5-11(2-3-14(9)22-8)23(20,21)19-15-12(16)6-10(17)7-13(15)18/h2-3,5-8,19H,4H2,1H3/t8-/m0/s1. The van der Waals surface area contributed by atoms with Gasteiger partial charge in [0, 0.05) is 17.0 Å². The Labute approximate surface area is 140 Å². The number of fused-ring (bicyclic) bond motifs is 1. The number of rotatable bonds is 3. The Kier molecular flexibility index (Phi) is 4.05. The molecule has 0 spiro atoms. The van der Waals surface area contributed by atoms with Gasteiger partial charge >= 0.3 is 0 Å². The molecule has 0 unspecified atom stereocenters. The van der Waals surface area contributed by atoms with Gasteiger partial charge < -0.3 is 4.74 Å². The Bertz CT molecular complexity index is 863. The summed E-state index contributed by atoms with van der Waals surface area (Å²) in [5.41, 5.74) is 0.440. The minimum Gasteiger partial charge on any atom is -0.490 e. The second-order valence-electron chi connectivity index (χ2n) is 5.25. The van der Waals surface area contributed by atoms with Gasteiger partial charge in [0.25, 0.3) is 10.0 Å². The van der Waals surface area contributed by atoms with Crippen LogP contribution in [0.2, 0.25) is 0 Å². The van der Waals surface area contributed by atoms with Crippen molar-refractivity contribution < 1.29 is 21.9 Å². The third-order valence-electron chi connectivity index (χ3n) is 3.42. The lowest BCUT2D eigenvalue weighted by Gasteiger charge is -2.11. The lowest BCUT2D eigenvalue weighted by molar-refractivity contribution is 0.254. The van der Waals surface area contributed by atoms with Crippen LogP contribution in [0.5, 0.6) is 5.75 Å². The highest BCUT2D eigenvalue weighted by Crippen LogP contribution is 2.33. The van der Waals surface area contributed by atoms with Crippen LogP contribution in [0.3, 0.4) is 0 Å². The van der Waals surface area contributed by atoms with E-state index in [-0.39, 0.29) is 21.2 Å². The maximum absolute atomic E-state index is 13.8. The van der Waals surface area contributed by atoms with Crippen LogP contribution in [-0.2, 0) is 16.4 Å². The highest BCUT2D eigenvalue weighted by Gasteiger charge is 2.24. The van der Waals surface area contributed by atoms with Gasteiger partial charge in [-0.2, -0.15) is 0 Å². The van der Waals surface area contributed by atoms with Crippen molar-refractivity contribution in [2.45, 2.75) is 24.3 Å². The monoisotopic (exact) mass is 403 g/mol. The van der Waals surface area contributed by atoms with Gasteiger partial charge in [0.15, 0.2) is 5.82 Å². The molecule has 4 nitrogen and oxygen atoms in total. The summed E-state index contributed by atoms with van der Waals surface area (Å²) in [5.74, 6) is -1.16. The van der Waals surface area contributed by atoms with Gasteiger partial charge in [-0.3, -0.25) is 4.72 Å². The molecule has 1 N–H and O–H groups in total. The molecule has 3 rings (SSSR count). The molecule has 0 amide bonds. The van der Waals surface area contributed by atoms with Crippen LogP contribution in [0.1, 0.15) is 12.5 Å².